The number of ether oxygens (including phenoxy) is 2. The number of epoxide rings is 1. The minimum atomic E-state index is -0.693. The number of anilines is 1. The summed E-state index contributed by atoms with van der Waals surface area (Å²) in [6, 6.07) is 10.4. The maximum absolute atomic E-state index is 12.7. The van der Waals surface area contributed by atoms with E-state index in [2.05, 4.69) is 40.3 Å². The predicted octanol–water partition coefficient (Wildman–Crippen LogP) is 1.66. The van der Waals surface area contributed by atoms with E-state index >= 15 is 0 Å². The van der Waals surface area contributed by atoms with Crippen LogP contribution in [0.5, 0.6) is 0 Å². The van der Waals surface area contributed by atoms with E-state index < -0.39 is 5.72 Å². The summed E-state index contributed by atoms with van der Waals surface area (Å²) in [7, 11) is 0. The molecule has 0 aliphatic carbocycles. The van der Waals surface area contributed by atoms with Crippen molar-refractivity contribution in [1.29, 1.82) is 5.26 Å². The Balaban J connectivity index is 1.39. The molecule has 0 radical (unpaired) electrons. The third kappa shape index (κ3) is 3.85. The second-order valence-corrected chi connectivity index (χ2v) is 9.15. The number of benzene rings is 1. The highest BCUT2D eigenvalue weighted by Crippen LogP contribution is 2.40. The van der Waals surface area contributed by atoms with Gasteiger partial charge in [-0.2, -0.15) is 5.26 Å². The fourth-order valence-corrected chi connectivity index (χ4v) is 5.42. The first-order valence-corrected chi connectivity index (χ1v) is 11.7. The van der Waals surface area contributed by atoms with Crippen LogP contribution >= 0.6 is 11.8 Å². The number of thioether (sulfide) groups is 1. The van der Waals surface area contributed by atoms with E-state index in [1.165, 1.54) is 0 Å². The summed E-state index contributed by atoms with van der Waals surface area (Å²) in [6.07, 6.45) is 1.78. The maximum Gasteiger partial charge on any atom is 0.238 e. The normalized spacial score (nSPS) is 28.0. The van der Waals surface area contributed by atoms with Crippen molar-refractivity contribution in [3.8, 4) is 6.07 Å². The van der Waals surface area contributed by atoms with E-state index in [-0.39, 0.29) is 18.5 Å². The summed E-state index contributed by atoms with van der Waals surface area (Å²) in [5.74, 6) is 1.15. The summed E-state index contributed by atoms with van der Waals surface area (Å²) >= 11 is 1.61. The first kappa shape index (κ1) is 20.5. The lowest BCUT2D eigenvalue weighted by atomic mass is 10.0. The second kappa shape index (κ2) is 8.28. The molecule has 3 fully saturated rings. The number of nitrogens with one attached hydrogen (secondary N) is 1. The third-order valence-corrected chi connectivity index (χ3v) is 7.18. The zero-order chi connectivity index (χ0) is 21.4. The first-order chi connectivity index (χ1) is 15.1. The number of hydrogen-bond donors (Lipinski definition) is 1. The van der Waals surface area contributed by atoms with Gasteiger partial charge in [0.2, 0.25) is 5.91 Å². The van der Waals surface area contributed by atoms with Crippen molar-refractivity contribution in [3.63, 3.8) is 0 Å². The Bertz CT molecular complexity index is 1040. The highest BCUT2D eigenvalue weighted by Gasteiger charge is 2.48. The van der Waals surface area contributed by atoms with Gasteiger partial charge in [0.15, 0.2) is 5.72 Å². The van der Waals surface area contributed by atoms with E-state index in [9.17, 15) is 10.1 Å². The van der Waals surface area contributed by atoms with Gasteiger partial charge in [0.1, 0.15) is 6.04 Å². The van der Waals surface area contributed by atoms with E-state index in [4.69, 9.17) is 9.47 Å². The van der Waals surface area contributed by atoms with Crippen molar-refractivity contribution in [2.75, 3.05) is 49.4 Å². The lowest BCUT2D eigenvalue weighted by Gasteiger charge is -2.35. The van der Waals surface area contributed by atoms with Crippen LogP contribution < -0.4 is 10.2 Å². The topological polar surface area (TPSA) is 94.0 Å². The number of aromatic nitrogens is 1. The molecule has 0 bridgehead atoms. The Morgan fingerprint density at radius 3 is 3.10 bits per heavy atom. The molecule has 2 unspecified atom stereocenters. The average molecular weight is 440 g/mol. The summed E-state index contributed by atoms with van der Waals surface area (Å²) in [5.41, 5.74) is 2.32. The van der Waals surface area contributed by atoms with Crippen LogP contribution in [0.15, 0.2) is 30.5 Å². The van der Waals surface area contributed by atoms with Gasteiger partial charge in [0, 0.05) is 41.2 Å². The van der Waals surface area contributed by atoms with Crippen LogP contribution in [-0.2, 0) is 20.0 Å². The Hall–Kier alpha value is -2.38. The zero-order valence-corrected chi connectivity index (χ0v) is 18.2. The van der Waals surface area contributed by atoms with Crippen LogP contribution in [0.3, 0.4) is 0 Å². The van der Waals surface area contributed by atoms with Crippen LogP contribution in [0.4, 0.5) is 5.69 Å². The Morgan fingerprint density at radius 2 is 2.32 bits per heavy atom. The highest BCUT2D eigenvalue weighted by atomic mass is 32.2. The average Bonchev–Trinajstić information content (AvgIpc) is 3.43. The van der Waals surface area contributed by atoms with Crippen LogP contribution in [0.1, 0.15) is 12.5 Å². The number of rotatable bonds is 5. The van der Waals surface area contributed by atoms with Gasteiger partial charge < -0.3 is 19.3 Å². The number of morpholine rings is 1. The molecule has 8 nitrogen and oxygen atoms in total. The number of amides is 1. The number of nitriles is 1. The number of hydrogen-bond acceptors (Lipinski definition) is 8. The molecule has 4 heterocycles. The number of carbonyl (C=O) groups excluding carboxylic acids is 1. The van der Waals surface area contributed by atoms with Gasteiger partial charge in [-0.15, -0.1) is 11.8 Å². The molecule has 3 saturated heterocycles. The molecule has 0 spiro atoms. The van der Waals surface area contributed by atoms with Gasteiger partial charge in [0.05, 0.1) is 43.8 Å². The van der Waals surface area contributed by atoms with Crippen LogP contribution in [0, 0.1) is 11.3 Å². The zero-order valence-electron chi connectivity index (χ0n) is 17.4. The Morgan fingerprint density at radius 1 is 1.45 bits per heavy atom. The van der Waals surface area contributed by atoms with E-state index in [0.717, 1.165) is 35.3 Å². The van der Waals surface area contributed by atoms with Gasteiger partial charge >= 0.3 is 0 Å². The number of fused-ring (bicyclic) bond motifs is 1. The number of nitrogens with zero attached hydrogens (tertiary/aromatic N) is 4. The Labute approximate surface area is 185 Å². The largest absolute Gasteiger partial charge is 0.377 e. The molecule has 0 saturated carbocycles. The molecule has 3 atom stereocenters. The van der Waals surface area contributed by atoms with Crippen molar-refractivity contribution in [1.82, 2.24) is 15.2 Å². The Kier molecular flexibility index (Phi) is 5.48. The SMILES string of the molecule is C[C@H]1COCCN1c1ccc2nccc(C3(NCC(=O)N4CSCC4C#N)CO3)c2c1. The molecule has 3 aliphatic rings. The molecular weight excluding hydrogens is 414 g/mol. The van der Waals surface area contributed by atoms with E-state index in [0.29, 0.717) is 30.9 Å². The molecular formula is C22H25N5O3S. The quantitative estimate of drug-likeness (QED) is 0.703. The monoisotopic (exact) mass is 439 g/mol. The summed E-state index contributed by atoms with van der Waals surface area (Å²) in [4.78, 5) is 21.2. The fraction of sp³-hybridized carbons (Fsp3) is 0.500. The fourth-order valence-electron chi connectivity index (χ4n) is 4.32. The van der Waals surface area contributed by atoms with Crippen LogP contribution in [0.25, 0.3) is 10.9 Å². The minimum absolute atomic E-state index is 0.0763. The third-order valence-electron chi connectivity index (χ3n) is 6.17. The van der Waals surface area contributed by atoms with Gasteiger partial charge in [-0.05, 0) is 31.2 Å². The standard InChI is InChI=1S/C22H25N5O3S/c1-15-11-29-7-6-26(15)16-2-3-20-18(8-16)19(4-5-24-20)22(13-30-22)25-10-21(28)27-14-31-12-17(27)9-23/h2-5,8,15,17,25H,6-7,10-14H2,1H3/t15-,17?,22?/m0/s1. The van der Waals surface area contributed by atoms with Gasteiger partial charge in [-0.1, -0.05) is 0 Å². The molecule has 5 rings (SSSR count). The maximum atomic E-state index is 12.7. The van der Waals surface area contributed by atoms with Crippen molar-refractivity contribution >= 4 is 34.3 Å². The second-order valence-electron chi connectivity index (χ2n) is 8.15. The smallest absolute Gasteiger partial charge is 0.238 e. The van der Waals surface area contributed by atoms with Crippen molar-refractivity contribution in [2.24, 2.45) is 0 Å². The molecule has 2 aromatic rings. The predicted molar refractivity (Wildman–Crippen MR) is 119 cm³/mol. The molecule has 1 aromatic heterocycles. The molecule has 1 aromatic carbocycles. The lowest BCUT2D eigenvalue weighted by Crippen LogP contribution is -2.44. The number of carbonyl (C=O) groups is 1. The molecule has 162 valence electrons. The molecule has 9 heteroatoms. The van der Waals surface area contributed by atoms with Gasteiger partial charge in [-0.3, -0.25) is 15.1 Å². The molecule has 1 N–H and O–H groups in total. The van der Waals surface area contributed by atoms with Crippen LogP contribution in [0.2, 0.25) is 0 Å². The molecule has 1 amide bonds. The van der Waals surface area contributed by atoms with Crippen molar-refractivity contribution in [2.45, 2.75) is 24.7 Å². The number of pyridine rings is 1. The van der Waals surface area contributed by atoms with E-state index in [1.54, 1.807) is 22.9 Å². The van der Waals surface area contributed by atoms with Crippen molar-refractivity contribution in [3.05, 3.63) is 36.0 Å². The van der Waals surface area contributed by atoms with Crippen molar-refractivity contribution < 1.29 is 14.3 Å². The van der Waals surface area contributed by atoms with Gasteiger partial charge in [-0.25, -0.2) is 0 Å². The van der Waals surface area contributed by atoms with Crippen LogP contribution in [-0.4, -0.2) is 72.4 Å². The molecule has 31 heavy (non-hydrogen) atoms. The summed E-state index contributed by atoms with van der Waals surface area (Å²) in [6.45, 7) is 5.07. The summed E-state index contributed by atoms with van der Waals surface area (Å²) < 4.78 is 11.4. The van der Waals surface area contributed by atoms with Gasteiger partial charge in [0.25, 0.3) is 0 Å². The lowest BCUT2D eigenvalue weighted by molar-refractivity contribution is -0.130. The minimum Gasteiger partial charge on any atom is -0.377 e. The first-order valence-electron chi connectivity index (χ1n) is 10.5. The highest BCUT2D eigenvalue weighted by molar-refractivity contribution is 7.99. The summed E-state index contributed by atoms with van der Waals surface area (Å²) in [5, 5.41) is 13.6. The molecule has 3 aliphatic heterocycles. The van der Waals surface area contributed by atoms with E-state index in [1.807, 2.05) is 12.1 Å².